The molecule has 1 heteroatoms. The molecule has 1 unspecified atom stereocenters. The molecule has 1 aliphatic heterocycles. The van der Waals surface area contributed by atoms with Crippen LogP contribution in [0.3, 0.4) is 0 Å². The molecule has 1 saturated carbocycles. The van der Waals surface area contributed by atoms with Gasteiger partial charge in [0.2, 0.25) is 0 Å². The Bertz CT molecular complexity index is 404. The van der Waals surface area contributed by atoms with E-state index in [1.807, 2.05) is 0 Å². The highest BCUT2D eigenvalue weighted by Gasteiger charge is 2.22. The quantitative estimate of drug-likeness (QED) is 0.803. The molecule has 1 fully saturated rings. The van der Waals surface area contributed by atoms with Gasteiger partial charge in [0.05, 0.1) is 0 Å². The Morgan fingerprint density at radius 2 is 1.94 bits per heavy atom. The lowest BCUT2D eigenvalue weighted by Crippen LogP contribution is -2.26. The number of nitrogens with one attached hydrogen (secondary N) is 1. The molecule has 1 aromatic carbocycles. The van der Waals surface area contributed by atoms with Crippen LogP contribution in [0.4, 0.5) is 5.69 Å². The molecule has 1 atom stereocenters. The molecule has 0 bridgehead atoms. The standard InChI is InChI=1S/C17H25N/c1-13-7-8-16-11-15(12-18-17(16)9-13)10-14-5-3-2-4-6-14/h7-9,14-15,18H,2-6,10-12H2,1H3. The van der Waals surface area contributed by atoms with Crippen molar-refractivity contribution in [3.05, 3.63) is 29.3 Å². The molecule has 0 spiro atoms. The van der Waals surface area contributed by atoms with Gasteiger partial charge in [-0.05, 0) is 48.8 Å². The Morgan fingerprint density at radius 1 is 1.11 bits per heavy atom. The minimum Gasteiger partial charge on any atom is -0.385 e. The topological polar surface area (TPSA) is 12.0 Å². The number of hydrogen-bond donors (Lipinski definition) is 1. The van der Waals surface area contributed by atoms with Gasteiger partial charge >= 0.3 is 0 Å². The number of anilines is 1. The van der Waals surface area contributed by atoms with Crippen molar-refractivity contribution in [2.75, 3.05) is 11.9 Å². The van der Waals surface area contributed by atoms with Crippen molar-refractivity contribution in [1.82, 2.24) is 0 Å². The average Bonchev–Trinajstić information content (AvgIpc) is 2.40. The number of benzene rings is 1. The molecular formula is C17H25N. The second-order valence-electron chi connectivity index (χ2n) is 6.35. The van der Waals surface area contributed by atoms with Crippen LogP contribution in [-0.4, -0.2) is 6.54 Å². The van der Waals surface area contributed by atoms with Gasteiger partial charge < -0.3 is 5.32 Å². The third-order valence-electron chi connectivity index (χ3n) is 4.75. The third kappa shape index (κ3) is 2.71. The maximum Gasteiger partial charge on any atom is 0.0375 e. The first kappa shape index (κ1) is 12.1. The molecule has 3 rings (SSSR count). The van der Waals surface area contributed by atoms with Gasteiger partial charge in [-0.3, -0.25) is 0 Å². The molecule has 18 heavy (non-hydrogen) atoms. The summed E-state index contributed by atoms with van der Waals surface area (Å²) in [5.41, 5.74) is 4.29. The zero-order chi connectivity index (χ0) is 12.4. The van der Waals surface area contributed by atoms with Crippen molar-refractivity contribution in [3.63, 3.8) is 0 Å². The van der Waals surface area contributed by atoms with Gasteiger partial charge in [0.1, 0.15) is 0 Å². The molecule has 98 valence electrons. The molecule has 1 heterocycles. The second-order valence-corrected chi connectivity index (χ2v) is 6.35. The van der Waals surface area contributed by atoms with Gasteiger partial charge in [-0.15, -0.1) is 0 Å². The van der Waals surface area contributed by atoms with E-state index >= 15 is 0 Å². The van der Waals surface area contributed by atoms with Crippen molar-refractivity contribution >= 4 is 5.69 Å². The van der Waals surface area contributed by atoms with E-state index in [9.17, 15) is 0 Å². The minimum atomic E-state index is 0.864. The lowest BCUT2D eigenvalue weighted by Gasteiger charge is -2.31. The van der Waals surface area contributed by atoms with Gasteiger partial charge in [0, 0.05) is 12.2 Å². The largest absolute Gasteiger partial charge is 0.385 e. The molecule has 1 nitrogen and oxygen atoms in total. The average molecular weight is 243 g/mol. The number of hydrogen-bond acceptors (Lipinski definition) is 1. The van der Waals surface area contributed by atoms with Crippen LogP contribution in [0.15, 0.2) is 18.2 Å². The van der Waals surface area contributed by atoms with Crippen LogP contribution in [0.2, 0.25) is 0 Å². The van der Waals surface area contributed by atoms with E-state index in [4.69, 9.17) is 0 Å². The van der Waals surface area contributed by atoms with E-state index in [-0.39, 0.29) is 0 Å². The monoisotopic (exact) mass is 243 g/mol. The van der Waals surface area contributed by atoms with E-state index in [1.165, 1.54) is 68.3 Å². The van der Waals surface area contributed by atoms with E-state index in [0.717, 1.165) is 11.8 Å². The maximum atomic E-state index is 3.64. The molecule has 1 N–H and O–H groups in total. The van der Waals surface area contributed by atoms with Crippen molar-refractivity contribution < 1.29 is 0 Å². The summed E-state index contributed by atoms with van der Waals surface area (Å²) >= 11 is 0. The van der Waals surface area contributed by atoms with Crippen molar-refractivity contribution in [2.45, 2.75) is 51.9 Å². The van der Waals surface area contributed by atoms with Crippen LogP contribution in [-0.2, 0) is 6.42 Å². The normalized spacial score (nSPS) is 24.4. The lowest BCUT2D eigenvalue weighted by atomic mass is 9.80. The number of rotatable bonds is 2. The highest BCUT2D eigenvalue weighted by Crippen LogP contribution is 2.33. The van der Waals surface area contributed by atoms with Crippen LogP contribution in [0.25, 0.3) is 0 Å². The van der Waals surface area contributed by atoms with Gasteiger partial charge in [-0.1, -0.05) is 44.2 Å². The summed E-state index contributed by atoms with van der Waals surface area (Å²) in [6, 6.07) is 6.88. The summed E-state index contributed by atoms with van der Waals surface area (Å²) in [6.07, 6.45) is 10.1. The van der Waals surface area contributed by atoms with Crippen molar-refractivity contribution in [2.24, 2.45) is 11.8 Å². The molecule has 0 amide bonds. The van der Waals surface area contributed by atoms with Crippen LogP contribution in [0.5, 0.6) is 0 Å². The lowest BCUT2D eigenvalue weighted by molar-refractivity contribution is 0.289. The van der Waals surface area contributed by atoms with E-state index in [0.29, 0.717) is 0 Å². The third-order valence-corrected chi connectivity index (χ3v) is 4.75. The smallest absolute Gasteiger partial charge is 0.0375 e. The van der Waals surface area contributed by atoms with Crippen molar-refractivity contribution in [3.8, 4) is 0 Å². The summed E-state index contributed by atoms with van der Waals surface area (Å²) < 4.78 is 0. The first-order valence-electron chi connectivity index (χ1n) is 7.64. The van der Waals surface area contributed by atoms with Gasteiger partial charge in [0.15, 0.2) is 0 Å². The maximum absolute atomic E-state index is 3.64. The van der Waals surface area contributed by atoms with E-state index < -0.39 is 0 Å². The Kier molecular flexibility index (Phi) is 3.58. The number of fused-ring (bicyclic) bond motifs is 1. The van der Waals surface area contributed by atoms with Crippen LogP contribution in [0, 0.1) is 18.8 Å². The Balaban J connectivity index is 1.62. The van der Waals surface area contributed by atoms with Crippen LogP contribution in [0.1, 0.15) is 49.7 Å². The fourth-order valence-electron chi connectivity index (χ4n) is 3.73. The second kappa shape index (κ2) is 5.34. The fraction of sp³-hybridized carbons (Fsp3) is 0.647. The van der Waals surface area contributed by atoms with Gasteiger partial charge in [0.25, 0.3) is 0 Å². The summed E-state index contributed by atoms with van der Waals surface area (Å²) in [5.74, 6) is 1.88. The van der Waals surface area contributed by atoms with Gasteiger partial charge in [-0.2, -0.15) is 0 Å². The molecule has 0 saturated heterocycles. The summed E-state index contributed by atoms with van der Waals surface area (Å²) in [5, 5.41) is 3.64. The minimum absolute atomic E-state index is 0.864. The van der Waals surface area contributed by atoms with Crippen molar-refractivity contribution in [1.29, 1.82) is 0 Å². The zero-order valence-corrected chi connectivity index (χ0v) is 11.5. The SMILES string of the molecule is Cc1ccc2c(c1)NCC(CC1CCCCC1)C2. The predicted octanol–water partition coefficient (Wildman–Crippen LogP) is 4.55. The molecule has 0 aromatic heterocycles. The Labute approximate surface area is 111 Å². The molecular weight excluding hydrogens is 218 g/mol. The Hall–Kier alpha value is -0.980. The molecule has 1 aromatic rings. The number of aryl methyl sites for hydroxylation is 1. The van der Waals surface area contributed by atoms with Crippen LogP contribution < -0.4 is 5.32 Å². The summed E-state index contributed by atoms with van der Waals surface area (Å²) in [7, 11) is 0. The Morgan fingerprint density at radius 3 is 2.78 bits per heavy atom. The molecule has 2 aliphatic rings. The molecule has 0 radical (unpaired) electrons. The first-order valence-corrected chi connectivity index (χ1v) is 7.64. The fourth-order valence-corrected chi connectivity index (χ4v) is 3.73. The van der Waals surface area contributed by atoms with Gasteiger partial charge in [-0.25, -0.2) is 0 Å². The van der Waals surface area contributed by atoms with E-state index in [2.05, 4.69) is 30.4 Å². The highest BCUT2D eigenvalue weighted by atomic mass is 14.9. The zero-order valence-electron chi connectivity index (χ0n) is 11.5. The molecule has 1 aliphatic carbocycles. The predicted molar refractivity (Wildman–Crippen MR) is 78.1 cm³/mol. The highest BCUT2D eigenvalue weighted by molar-refractivity contribution is 5.55. The summed E-state index contributed by atoms with van der Waals surface area (Å²) in [4.78, 5) is 0. The first-order chi connectivity index (χ1) is 8.81. The summed E-state index contributed by atoms with van der Waals surface area (Å²) in [6.45, 7) is 3.36. The van der Waals surface area contributed by atoms with Crippen LogP contribution >= 0.6 is 0 Å². The van der Waals surface area contributed by atoms with E-state index in [1.54, 1.807) is 0 Å².